The molecule has 1 N–H and O–H groups in total. The van der Waals surface area contributed by atoms with E-state index >= 15 is 0 Å². The Morgan fingerprint density at radius 1 is 0.889 bits per heavy atom. The number of aromatic nitrogens is 1. The van der Waals surface area contributed by atoms with Gasteiger partial charge in [-0.15, -0.1) is 0 Å². The Balaban J connectivity index is 2.13. The lowest BCUT2D eigenvalue weighted by molar-refractivity contribution is 0.407. The van der Waals surface area contributed by atoms with Crippen LogP contribution < -0.4 is 4.74 Å². The number of benzene rings is 2. The highest BCUT2D eigenvalue weighted by atomic mass is 16.5. The van der Waals surface area contributed by atoms with E-state index in [1.165, 1.54) is 0 Å². The molecule has 0 radical (unpaired) electrons. The highest BCUT2D eigenvalue weighted by Crippen LogP contribution is 2.37. The van der Waals surface area contributed by atoms with Gasteiger partial charge in [-0.3, -0.25) is 0 Å². The van der Waals surface area contributed by atoms with Gasteiger partial charge in [-0.05, 0) is 17.5 Å². The predicted octanol–water partition coefficient (Wildman–Crippen LogP) is 3.73. The van der Waals surface area contributed by atoms with Crippen LogP contribution in [0.15, 0.2) is 60.8 Å². The van der Waals surface area contributed by atoms with Crippen LogP contribution in [0.2, 0.25) is 0 Å². The smallest absolute Gasteiger partial charge is 0.219 e. The summed E-state index contributed by atoms with van der Waals surface area (Å²) in [5.41, 5.74) is 0. The molecule has 1 heterocycles. The maximum atomic E-state index is 9.92. The zero-order valence-corrected chi connectivity index (χ0v) is 9.58. The summed E-state index contributed by atoms with van der Waals surface area (Å²) in [7, 11) is 0. The van der Waals surface area contributed by atoms with Crippen LogP contribution in [0.5, 0.6) is 17.4 Å². The van der Waals surface area contributed by atoms with Crippen LogP contribution in [0.1, 0.15) is 0 Å². The van der Waals surface area contributed by atoms with Gasteiger partial charge >= 0.3 is 0 Å². The van der Waals surface area contributed by atoms with E-state index in [9.17, 15) is 5.11 Å². The Kier molecular flexibility index (Phi) is 2.57. The number of phenolic OH excluding ortho intramolecular Hbond substituents is 1. The molecule has 0 aliphatic heterocycles. The molecule has 0 aliphatic carbocycles. The third-order valence-corrected chi connectivity index (χ3v) is 2.70. The molecule has 0 amide bonds. The SMILES string of the molecule is Oc1ccc2ccccc2c1Oc1ccccn1. The van der Waals surface area contributed by atoms with Crippen molar-refractivity contribution in [3.8, 4) is 17.4 Å². The highest BCUT2D eigenvalue weighted by molar-refractivity contribution is 5.90. The summed E-state index contributed by atoms with van der Waals surface area (Å²) in [6.45, 7) is 0. The fourth-order valence-corrected chi connectivity index (χ4v) is 1.85. The third-order valence-electron chi connectivity index (χ3n) is 2.70. The molecular formula is C15H11NO2. The Labute approximate surface area is 104 Å². The second-order valence-corrected chi connectivity index (χ2v) is 3.90. The van der Waals surface area contributed by atoms with Gasteiger partial charge in [0.1, 0.15) is 0 Å². The monoisotopic (exact) mass is 237 g/mol. The number of aromatic hydroxyl groups is 1. The van der Waals surface area contributed by atoms with Gasteiger partial charge in [0.2, 0.25) is 5.88 Å². The second-order valence-electron chi connectivity index (χ2n) is 3.90. The first kappa shape index (κ1) is 10.6. The fourth-order valence-electron chi connectivity index (χ4n) is 1.85. The molecule has 0 aliphatic rings. The van der Waals surface area contributed by atoms with Crippen molar-refractivity contribution in [3.05, 3.63) is 60.8 Å². The molecule has 88 valence electrons. The topological polar surface area (TPSA) is 42.4 Å². The zero-order chi connectivity index (χ0) is 12.4. The van der Waals surface area contributed by atoms with Crippen LogP contribution in [0.25, 0.3) is 10.8 Å². The number of phenols is 1. The summed E-state index contributed by atoms with van der Waals surface area (Å²) in [5, 5.41) is 11.8. The molecule has 0 fully saturated rings. The molecule has 0 saturated heterocycles. The van der Waals surface area contributed by atoms with Crippen molar-refractivity contribution in [3.63, 3.8) is 0 Å². The van der Waals surface area contributed by atoms with Crippen molar-refractivity contribution in [2.75, 3.05) is 0 Å². The second kappa shape index (κ2) is 4.37. The number of nitrogens with zero attached hydrogens (tertiary/aromatic N) is 1. The summed E-state index contributed by atoms with van der Waals surface area (Å²) in [5.74, 6) is 1.01. The number of rotatable bonds is 2. The molecule has 3 nitrogen and oxygen atoms in total. The Bertz CT molecular complexity index is 680. The van der Waals surface area contributed by atoms with Crippen molar-refractivity contribution in [2.24, 2.45) is 0 Å². The van der Waals surface area contributed by atoms with Gasteiger partial charge in [0.15, 0.2) is 11.5 Å². The van der Waals surface area contributed by atoms with Crippen molar-refractivity contribution in [1.82, 2.24) is 4.98 Å². The molecule has 3 heteroatoms. The minimum Gasteiger partial charge on any atom is -0.504 e. The van der Waals surface area contributed by atoms with Gasteiger partial charge in [-0.1, -0.05) is 36.4 Å². The maximum absolute atomic E-state index is 9.92. The van der Waals surface area contributed by atoms with Gasteiger partial charge < -0.3 is 9.84 Å². The van der Waals surface area contributed by atoms with E-state index < -0.39 is 0 Å². The number of hydrogen-bond acceptors (Lipinski definition) is 3. The summed E-state index contributed by atoms with van der Waals surface area (Å²) < 4.78 is 5.66. The van der Waals surface area contributed by atoms with Crippen molar-refractivity contribution >= 4 is 10.8 Å². The highest BCUT2D eigenvalue weighted by Gasteiger charge is 2.09. The maximum Gasteiger partial charge on any atom is 0.219 e. The van der Waals surface area contributed by atoms with Crippen LogP contribution in [0.4, 0.5) is 0 Å². The summed E-state index contributed by atoms with van der Waals surface area (Å²) >= 11 is 0. The van der Waals surface area contributed by atoms with Crippen molar-refractivity contribution in [2.45, 2.75) is 0 Å². The average Bonchev–Trinajstić information content (AvgIpc) is 2.43. The van der Waals surface area contributed by atoms with Crippen LogP contribution in [-0.2, 0) is 0 Å². The summed E-state index contributed by atoms with van der Waals surface area (Å²) in [4.78, 5) is 4.09. The third kappa shape index (κ3) is 1.86. The minimum absolute atomic E-state index is 0.111. The van der Waals surface area contributed by atoms with Crippen LogP contribution >= 0.6 is 0 Å². The van der Waals surface area contributed by atoms with E-state index in [-0.39, 0.29) is 5.75 Å². The van der Waals surface area contributed by atoms with Gasteiger partial charge in [0.05, 0.1) is 0 Å². The largest absolute Gasteiger partial charge is 0.504 e. The van der Waals surface area contributed by atoms with E-state index in [1.54, 1.807) is 18.3 Å². The van der Waals surface area contributed by atoms with Crippen molar-refractivity contribution < 1.29 is 9.84 Å². The van der Waals surface area contributed by atoms with Crippen LogP contribution in [0.3, 0.4) is 0 Å². The zero-order valence-electron chi connectivity index (χ0n) is 9.58. The van der Waals surface area contributed by atoms with E-state index in [0.29, 0.717) is 11.6 Å². The Morgan fingerprint density at radius 2 is 1.72 bits per heavy atom. The predicted molar refractivity (Wildman–Crippen MR) is 69.9 cm³/mol. The molecule has 0 atom stereocenters. The van der Waals surface area contributed by atoms with E-state index in [0.717, 1.165) is 10.8 Å². The molecule has 1 aromatic heterocycles. The lowest BCUT2D eigenvalue weighted by atomic mass is 10.1. The fraction of sp³-hybridized carbons (Fsp3) is 0. The first-order chi connectivity index (χ1) is 8.84. The van der Waals surface area contributed by atoms with Gasteiger partial charge in [-0.25, -0.2) is 4.98 Å². The van der Waals surface area contributed by atoms with Crippen LogP contribution in [0, 0.1) is 0 Å². The lowest BCUT2D eigenvalue weighted by Gasteiger charge is -2.09. The summed E-state index contributed by atoms with van der Waals surface area (Å²) in [6, 6.07) is 16.6. The first-order valence-corrected chi connectivity index (χ1v) is 5.64. The molecular weight excluding hydrogens is 226 g/mol. The average molecular weight is 237 g/mol. The molecule has 3 rings (SSSR count). The first-order valence-electron chi connectivity index (χ1n) is 5.64. The van der Waals surface area contributed by atoms with Gasteiger partial charge in [0.25, 0.3) is 0 Å². The lowest BCUT2D eigenvalue weighted by Crippen LogP contribution is -1.88. The van der Waals surface area contributed by atoms with Gasteiger partial charge in [0, 0.05) is 17.6 Å². The standard InChI is InChI=1S/C15H11NO2/c17-13-9-8-11-5-1-2-6-12(11)15(13)18-14-7-3-4-10-16-14/h1-10,17H. The van der Waals surface area contributed by atoms with Gasteiger partial charge in [-0.2, -0.15) is 0 Å². The minimum atomic E-state index is 0.111. The molecule has 2 aromatic carbocycles. The molecule has 0 unspecified atom stereocenters. The quantitative estimate of drug-likeness (QED) is 0.738. The normalized spacial score (nSPS) is 10.4. The molecule has 0 saturated carbocycles. The number of hydrogen-bond donors (Lipinski definition) is 1. The molecule has 3 aromatic rings. The van der Waals surface area contributed by atoms with E-state index in [4.69, 9.17) is 4.74 Å². The van der Waals surface area contributed by atoms with Crippen molar-refractivity contribution in [1.29, 1.82) is 0 Å². The molecule has 18 heavy (non-hydrogen) atoms. The Morgan fingerprint density at radius 3 is 2.56 bits per heavy atom. The summed E-state index contributed by atoms with van der Waals surface area (Å²) in [6.07, 6.45) is 1.65. The van der Waals surface area contributed by atoms with E-state index in [2.05, 4.69) is 4.98 Å². The van der Waals surface area contributed by atoms with E-state index in [1.807, 2.05) is 42.5 Å². The Hall–Kier alpha value is -2.55. The number of ether oxygens (including phenoxy) is 1. The van der Waals surface area contributed by atoms with Crippen LogP contribution in [-0.4, -0.2) is 10.1 Å². The molecule has 0 spiro atoms. The number of pyridine rings is 1. The number of fused-ring (bicyclic) bond motifs is 1. The molecule has 0 bridgehead atoms.